The summed E-state index contributed by atoms with van der Waals surface area (Å²) in [6, 6.07) is 0. The third-order valence-electron chi connectivity index (χ3n) is 2.94. The maximum Gasteiger partial charge on any atom is 0.307 e. The van der Waals surface area contributed by atoms with Gasteiger partial charge in [-0.15, -0.1) is 0 Å². The predicted octanol–water partition coefficient (Wildman–Crippen LogP) is -0.0606. The molecule has 0 aromatic carbocycles. The molecule has 0 aromatic rings. The molecule has 1 unspecified atom stereocenters. The number of amides is 1. The molecule has 4 heteroatoms. The molecule has 1 atom stereocenters. The fourth-order valence-corrected chi connectivity index (χ4v) is 1.98. The summed E-state index contributed by atoms with van der Waals surface area (Å²) >= 11 is 0. The van der Waals surface area contributed by atoms with E-state index in [4.69, 9.17) is 5.11 Å². The molecule has 1 saturated carbocycles. The molecule has 0 radical (unpaired) electrons. The van der Waals surface area contributed by atoms with E-state index >= 15 is 0 Å². The van der Waals surface area contributed by atoms with Crippen LogP contribution in [0.5, 0.6) is 0 Å². The molecule has 2 fully saturated rings. The number of aliphatic carboxylic acids is 1. The van der Waals surface area contributed by atoms with Gasteiger partial charge >= 0.3 is 5.97 Å². The zero-order valence-electron chi connectivity index (χ0n) is 6.91. The van der Waals surface area contributed by atoms with Crippen LogP contribution in [0.4, 0.5) is 0 Å². The van der Waals surface area contributed by atoms with Crippen LogP contribution in [0.15, 0.2) is 0 Å². The fourth-order valence-electron chi connectivity index (χ4n) is 1.98. The predicted molar refractivity (Wildman–Crippen MR) is 40.4 cm³/mol. The van der Waals surface area contributed by atoms with Crippen molar-refractivity contribution < 1.29 is 14.7 Å². The van der Waals surface area contributed by atoms with E-state index in [1.54, 1.807) is 4.90 Å². The van der Waals surface area contributed by atoms with Gasteiger partial charge in [0.15, 0.2) is 0 Å². The van der Waals surface area contributed by atoms with Crippen LogP contribution >= 0.6 is 0 Å². The van der Waals surface area contributed by atoms with Crippen molar-refractivity contribution in [2.45, 2.75) is 13.3 Å². The number of likely N-dealkylation sites (tertiary alicyclic amines) is 1. The third kappa shape index (κ3) is 0.838. The molecule has 0 bridgehead atoms. The van der Waals surface area contributed by atoms with Crippen LogP contribution in [0.25, 0.3) is 0 Å². The summed E-state index contributed by atoms with van der Waals surface area (Å²) in [7, 11) is 0. The van der Waals surface area contributed by atoms with Gasteiger partial charge in [-0.3, -0.25) is 9.59 Å². The van der Waals surface area contributed by atoms with Crippen molar-refractivity contribution in [1.82, 2.24) is 4.90 Å². The van der Waals surface area contributed by atoms with Crippen LogP contribution in [-0.4, -0.2) is 35.0 Å². The third-order valence-corrected chi connectivity index (χ3v) is 2.94. The highest BCUT2D eigenvalue weighted by atomic mass is 16.4. The molecule has 1 aliphatic carbocycles. The van der Waals surface area contributed by atoms with Crippen LogP contribution in [0.1, 0.15) is 13.3 Å². The highest BCUT2D eigenvalue weighted by Crippen LogP contribution is 2.58. The lowest BCUT2D eigenvalue weighted by atomic mass is 9.93. The summed E-state index contributed by atoms with van der Waals surface area (Å²) < 4.78 is 0. The van der Waals surface area contributed by atoms with E-state index in [2.05, 4.69) is 0 Å². The molecule has 1 N–H and O–H groups in total. The second kappa shape index (κ2) is 2.00. The van der Waals surface area contributed by atoms with E-state index < -0.39 is 5.97 Å². The van der Waals surface area contributed by atoms with Crippen LogP contribution in [0.2, 0.25) is 0 Å². The van der Waals surface area contributed by atoms with Gasteiger partial charge < -0.3 is 10.0 Å². The van der Waals surface area contributed by atoms with Crippen molar-refractivity contribution in [3.63, 3.8) is 0 Å². The van der Waals surface area contributed by atoms with E-state index in [1.807, 2.05) is 0 Å². The summed E-state index contributed by atoms with van der Waals surface area (Å²) in [5, 5.41) is 8.68. The van der Waals surface area contributed by atoms with Crippen molar-refractivity contribution in [2.75, 3.05) is 13.1 Å². The summed E-state index contributed by atoms with van der Waals surface area (Å²) in [6.07, 6.45) is 0.756. The van der Waals surface area contributed by atoms with Gasteiger partial charge in [0, 0.05) is 25.4 Å². The van der Waals surface area contributed by atoms with Gasteiger partial charge in [-0.25, -0.2) is 0 Å². The molecule has 1 amide bonds. The van der Waals surface area contributed by atoms with Gasteiger partial charge in [-0.1, -0.05) is 0 Å². The Labute approximate surface area is 70.2 Å². The molecule has 66 valence electrons. The van der Waals surface area contributed by atoms with E-state index in [9.17, 15) is 9.59 Å². The van der Waals surface area contributed by atoms with Crippen molar-refractivity contribution >= 4 is 11.9 Å². The largest absolute Gasteiger partial charge is 0.481 e. The molecule has 12 heavy (non-hydrogen) atoms. The van der Waals surface area contributed by atoms with Gasteiger partial charge in [-0.05, 0) is 6.42 Å². The van der Waals surface area contributed by atoms with Crippen molar-refractivity contribution in [2.24, 2.45) is 11.3 Å². The first-order valence-corrected chi connectivity index (χ1v) is 4.03. The van der Waals surface area contributed by atoms with E-state index in [0.717, 1.165) is 6.42 Å². The number of nitrogens with zero attached hydrogens (tertiary/aromatic N) is 1. The summed E-state index contributed by atoms with van der Waals surface area (Å²) in [5.74, 6) is -0.844. The van der Waals surface area contributed by atoms with Crippen molar-refractivity contribution in [1.29, 1.82) is 0 Å². The van der Waals surface area contributed by atoms with Crippen molar-refractivity contribution in [3.05, 3.63) is 0 Å². The van der Waals surface area contributed by atoms with Crippen LogP contribution in [0, 0.1) is 11.3 Å². The lowest BCUT2D eigenvalue weighted by molar-refractivity contribution is -0.144. The van der Waals surface area contributed by atoms with E-state index in [1.165, 1.54) is 6.92 Å². The van der Waals surface area contributed by atoms with Gasteiger partial charge in [0.1, 0.15) is 0 Å². The normalized spacial score (nSPS) is 29.8. The first kappa shape index (κ1) is 7.58. The minimum Gasteiger partial charge on any atom is -0.481 e. The maximum atomic E-state index is 10.8. The Morgan fingerprint density at radius 1 is 1.50 bits per heavy atom. The van der Waals surface area contributed by atoms with E-state index in [0.29, 0.717) is 13.1 Å². The molecular formula is C8H11NO3. The molecule has 2 aliphatic rings. The minimum atomic E-state index is -0.710. The Morgan fingerprint density at radius 3 is 2.42 bits per heavy atom. The van der Waals surface area contributed by atoms with Crippen LogP contribution in [0.3, 0.4) is 0 Å². The summed E-state index contributed by atoms with van der Waals surface area (Å²) in [5.41, 5.74) is -0.0303. The zero-order chi connectivity index (χ0) is 8.93. The zero-order valence-corrected chi connectivity index (χ0v) is 6.91. The maximum absolute atomic E-state index is 10.8. The average Bonchev–Trinajstić information content (AvgIpc) is 2.56. The Balaban J connectivity index is 1.91. The molecule has 4 nitrogen and oxygen atoms in total. The summed E-state index contributed by atoms with van der Waals surface area (Å²) in [4.78, 5) is 23.0. The first-order chi connectivity index (χ1) is 5.55. The van der Waals surface area contributed by atoms with Gasteiger partial charge in [0.25, 0.3) is 0 Å². The standard InChI is InChI=1S/C8H11NO3/c1-5(10)9-3-8(4-9)2-6(8)7(11)12/h6H,2-4H2,1H3,(H,11,12). The first-order valence-electron chi connectivity index (χ1n) is 4.03. The lowest BCUT2D eigenvalue weighted by Crippen LogP contribution is -2.52. The monoisotopic (exact) mass is 169 g/mol. The number of carbonyl (C=O) groups is 2. The molecule has 1 aliphatic heterocycles. The Morgan fingerprint density at radius 2 is 2.08 bits per heavy atom. The second-order valence-corrected chi connectivity index (χ2v) is 3.83. The number of hydrogen-bond acceptors (Lipinski definition) is 2. The molecular weight excluding hydrogens is 158 g/mol. The van der Waals surface area contributed by atoms with Gasteiger partial charge in [0.2, 0.25) is 5.91 Å². The SMILES string of the molecule is CC(=O)N1CC2(CC2C(=O)O)C1. The highest BCUT2D eigenvalue weighted by Gasteiger charge is 2.65. The molecule has 0 aromatic heterocycles. The number of rotatable bonds is 1. The molecule has 2 rings (SSSR count). The fraction of sp³-hybridized carbons (Fsp3) is 0.750. The molecule has 1 saturated heterocycles. The Hall–Kier alpha value is -1.06. The van der Waals surface area contributed by atoms with E-state index in [-0.39, 0.29) is 17.2 Å². The van der Waals surface area contributed by atoms with Crippen LogP contribution < -0.4 is 0 Å². The number of hydrogen-bond donors (Lipinski definition) is 1. The van der Waals surface area contributed by atoms with Gasteiger partial charge in [-0.2, -0.15) is 0 Å². The smallest absolute Gasteiger partial charge is 0.307 e. The Kier molecular flexibility index (Phi) is 1.26. The number of carbonyl (C=O) groups excluding carboxylic acids is 1. The summed E-state index contributed by atoms with van der Waals surface area (Å²) in [6.45, 7) is 2.82. The van der Waals surface area contributed by atoms with Crippen LogP contribution in [-0.2, 0) is 9.59 Å². The average molecular weight is 169 g/mol. The topological polar surface area (TPSA) is 57.6 Å². The number of carboxylic acid groups (broad SMARTS) is 1. The second-order valence-electron chi connectivity index (χ2n) is 3.83. The lowest BCUT2D eigenvalue weighted by Gasteiger charge is -2.39. The quantitative estimate of drug-likeness (QED) is 0.598. The molecule has 1 spiro atoms. The number of carboxylic acids is 1. The highest BCUT2D eigenvalue weighted by molar-refractivity contribution is 5.79. The minimum absolute atomic E-state index is 0.0303. The van der Waals surface area contributed by atoms with Gasteiger partial charge in [0.05, 0.1) is 5.92 Å². The van der Waals surface area contributed by atoms with Crippen molar-refractivity contribution in [3.8, 4) is 0 Å². The Bertz CT molecular complexity index is 255. The molecule has 1 heterocycles.